The fraction of sp³-hybridized carbons (Fsp3) is 0.769. The Labute approximate surface area is 221 Å². The molecule has 12 heteroatoms. The highest BCUT2D eigenvalue weighted by molar-refractivity contribution is 5.88. The van der Waals surface area contributed by atoms with Crippen molar-refractivity contribution in [3.8, 4) is 0 Å². The van der Waals surface area contributed by atoms with Crippen LogP contribution in [0.25, 0.3) is 0 Å². The van der Waals surface area contributed by atoms with Gasteiger partial charge in [-0.25, -0.2) is 9.59 Å². The van der Waals surface area contributed by atoms with E-state index in [1.165, 1.54) is 0 Å². The number of aliphatic hydroxyl groups excluding tert-OH is 4. The summed E-state index contributed by atoms with van der Waals surface area (Å²) in [6, 6.07) is 0. The molecule has 6 N–H and O–H groups in total. The molecule has 2 fully saturated rings. The van der Waals surface area contributed by atoms with Crippen LogP contribution in [0.2, 0.25) is 0 Å². The van der Waals surface area contributed by atoms with Crippen molar-refractivity contribution < 1.29 is 59.2 Å². The molecule has 0 unspecified atom stereocenters. The summed E-state index contributed by atoms with van der Waals surface area (Å²) in [5, 5.41) is 60.6. The first kappa shape index (κ1) is 30.5. The quantitative estimate of drug-likeness (QED) is 0.153. The molecule has 1 saturated heterocycles. The van der Waals surface area contributed by atoms with Crippen molar-refractivity contribution in [1.82, 2.24) is 0 Å². The second-order valence-corrected chi connectivity index (χ2v) is 10.7. The van der Waals surface area contributed by atoms with Crippen molar-refractivity contribution in [1.29, 1.82) is 0 Å². The third kappa shape index (κ3) is 6.92. The number of ether oxygens (including phenoxy) is 4. The number of aliphatic hydroxyl groups is 5. The lowest BCUT2D eigenvalue weighted by Crippen LogP contribution is -2.61. The van der Waals surface area contributed by atoms with E-state index >= 15 is 0 Å². The fourth-order valence-electron chi connectivity index (χ4n) is 5.30. The summed E-state index contributed by atoms with van der Waals surface area (Å²) in [5.41, 5.74) is -0.966. The third-order valence-electron chi connectivity index (χ3n) is 7.75. The number of hydrogen-bond acceptors (Lipinski definition) is 11. The van der Waals surface area contributed by atoms with Crippen LogP contribution in [0, 0.1) is 17.8 Å². The van der Waals surface area contributed by atoms with Crippen LogP contribution in [0.1, 0.15) is 52.9 Å². The molecule has 0 radical (unpaired) electrons. The molecule has 1 aliphatic carbocycles. The van der Waals surface area contributed by atoms with E-state index in [2.05, 4.69) is 0 Å². The molecular weight excluding hydrogens is 504 g/mol. The van der Waals surface area contributed by atoms with Crippen LogP contribution in [0.15, 0.2) is 23.5 Å². The monoisotopic (exact) mass is 544 g/mol. The van der Waals surface area contributed by atoms with Gasteiger partial charge in [0, 0.05) is 18.1 Å². The van der Waals surface area contributed by atoms with Gasteiger partial charge in [0.15, 0.2) is 6.29 Å². The number of esters is 1. The molecule has 12 nitrogen and oxygen atoms in total. The average Bonchev–Trinajstić information content (AvgIpc) is 3.18. The number of fused-ring (bicyclic) bond motifs is 1. The van der Waals surface area contributed by atoms with Crippen LogP contribution in [-0.4, -0.2) is 98.4 Å². The van der Waals surface area contributed by atoms with Gasteiger partial charge in [-0.05, 0) is 51.9 Å². The number of carboxylic acids is 1. The lowest BCUT2D eigenvalue weighted by molar-refractivity contribution is -0.346. The zero-order valence-corrected chi connectivity index (χ0v) is 21.9. The topological polar surface area (TPSA) is 192 Å². The first-order valence-electron chi connectivity index (χ1n) is 13.0. The lowest BCUT2D eigenvalue weighted by atomic mass is 9.81. The minimum Gasteiger partial charge on any atom is -0.478 e. The van der Waals surface area contributed by atoms with Gasteiger partial charge in [-0.1, -0.05) is 13.0 Å². The van der Waals surface area contributed by atoms with Crippen LogP contribution in [0.4, 0.5) is 0 Å². The van der Waals surface area contributed by atoms with E-state index in [4.69, 9.17) is 24.1 Å². The number of hydrogen-bond donors (Lipinski definition) is 6. The number of carbonyl (C=O) groups is 2. The summed E-state index contributed by atoms with van der Waals surface area (Å²) in [6.45, 7) is 4.81. The van der Waals surface area contributed by atoms with E-state index in [-0.39, 0.29) is 12.2 Å². The summed E-state index contributed by atoms with van der Waals surface area (Å²) in [4.78, 5) is 24.0. The van der Waals surface area contributed by atoms with E-state index in [9.17, 15) is 35.1 Å². The van der Waals surface area contributed by atoms with Crippen molar-refractivity contribution in [3.63, 3.8) is 0 Å². The molecule has 2 heterocycles. The van der Waals surface area contributed by atoms with Gasteiger partial charge in [-0.2, -0.15) is 0 Å². The van der Waals surface area contributed by atoms with Crippen LogP contribution in [0.3, 0.4) is 0 Å². The first-order valence-corrected chi connectivity index (χ1v) is 13.0. The number of carboxylic acid groups (broad SMARTS) is 1. The number of allylic oxidation sites excluding steroid dienone is 1. The van der Waals surface area contributed by atoms with Crippen molar-refractivity contribution in [2.75, 3.05) is 13.2 Å². The Bertz CT molecular complexity index is 899. The van der Waals surface area contributed by atoms with Gasteiger partial charge in [0.25, 0.3) is 0 Å². The van der Waals surface area contributed by atoms with Gasteiger partial charge in [0.1, 0.15) is 31.0 Å². The zero-order valence-electron chi connectivity index (χ0n) is 21.9. The van der Waals surface area contributed by atoms with Gasteiger partial charge in [-0.15, -0.1) is 0 Å². The molecular formula is C26H40O12. The van der Waals surface area contributed by atoms with E-state index in [1.54, 1.807) is 19.9 Å². The average molecular weight is 545 g/mol. The Morgan fingerprint density at radius 3 is 2.55 bits per heavy atom. The normalized spacial score (nSPS) is 38.1. The third-order valence-corrected chi connectivity index (χ3v) is 7.75. The summed E-state index contributed by atoms with van der Waals surface area (Å²) < 4.78 is 22.2. The molecule has 38 heavy (non-hydrogen) atoms. The Balaban J connectivity index is 1.63. The van der Waals surface area contributed by atoms with Crippen molar-refractivity contribution in [2.24, 2.45) is 17.8 Å². The molecule has 216 valence electrons. The molecule has 3 rings (SSSR count). The molecule has 0 aromatic heterocycles. The zero-order chi connectivity index (χ0) is 28.2. The second-order valence-electron chi connectivity index (χ2n) is 10.7. The molecule has 0 spiro atoms. The van der Waals surface area contributed by atoms with Gasteiger partial charge >= 0.3 is 11.9 Å². The summed E-state index contributed by atoms with van der Waals surface area (Å²) in [7, 11) is 0. The first-order chi connectivity index (χ1) is 17.9. The Morgan fingerprint density at radius 2 is 1.89 bits per heavy atom. The molecule has 10 atom stereocenters. The Kier molecular flexibility index (Phi) is 10.3. The lowest BCUT2D eigenvalue weighted by Gasteiger charge is -2.44. The van der Waals surface area contributed by atoms with Gasteiger partial charge < -0.3 is 49.6 Å². The van der Waals surface area contributed by atoms with Crippen LogP contribution < -0.4 is 0 Å². The van der Waals surface area contributed by atoms with Crippen LogP contribution >= 0.6 is 0 Å². The molecule has 0 aromatic carbocycles. The van der Waals surface area contributed by atoms with E-state index < -0.39 is 73.0 Å². The maximum Gasteiger partial charge on any atom is 0.334 e. The Hall–Kier alpha value is -2.06. The highest BCUT2D eigenvalue weighted by Crippen LogP contribution is 2.49. The standard InChI is InChI=1S/C26H40O12/c1-13(8-10-27)5-4-6-14(2)23(33)35-12-17-19(28)20(29)21(30)25(37-17)38-24-18-15(7-9-26(18,3)34)16(11-36-24)22(31)32/h6,11,13,15,17-21,24-25,27-30,34H,4-5,7-10,12H2,1-3H3,(H,31,32)/b14-6+/t13-,15+,17+,18+,19+,20-,21-,24-,25-,26-/m0/s1. The number of carbonyl (C=O) groups excluding carboxylic acids is 1. The van der Waals surface area contributed by atoms with Gasteiger partial charge in [0.2, 0.25) is 6.29 Å². The molecule has 1 saturated carbocycles. The highest BCUT2D eigenvalue weighted by Gasteiger charge is 2.56. The van der Waals surface area contributed by atoms with Gasteiger partial charge in [0.05, 0.1) is 23.4 Å². The second kappa shape index (κ2) is 12.9. The van der Waals surface area contributed by atoms with Crippen molar-refractivity contribution in [2.45, 2.75) is 95.5 Å². The molecule has 0 aromatic rings. The maximum absolute atomic E-state index is 12.4. The molecule has 2 aliphatic heterocycles. The number of rotatable bonds is 11. The molecule has 3 aliphatic rings. The summed E-state index contributed by atoms with van der Waals surface area (Å²) in [5.74, 6) is -2.86. The van der Waals surface area contributed by atoms with E-state index in [0.29, 0.717) is 37.2 Å². The predicted octanol–water partition coefficient (Wildman–Crippen LogP) is 0.201. The molecule has 0 amide bonds. The highest BCUT2D eigenvalue weighted by atomic mass is 16.8. The fourth-order valence-corrected chi connectivity index (χ4v) is 5.30. The van der Waals surface area contributed by atoms with Crippen molar-refractivity contribution >= 4 is 11.9 Å². The summed E-state index contributed by atoms with van der Waals surface area (Å²) in [6.07, 6.45) is -3.40. The van der Waals surface area contributed by atoms with Gasteiger partial charge in [-0.3, -0.25) is 0 Å². The van der Waals surface area contributed by atoms with Crippen LogP contribution in [-0.2, 0) is 28.5 Å². The van der Waals surface area contributed by atoms with Crippen LogP contribution in [0.5, 0.6) is 0 Å². The van der Waals surface area contributed by atoms with E-state index in [1.807, 2.05) is 6.92 Å². The summed E-state index contributed by atoms with van der Waals surface area (Å²) >= 11 is 0. The minimum absolute atomic E-state index is 0.00395. The maximum atomic E-state index is 12.4. The van der Waals surface area contributed by atoms with E-state index in [0.717, 1.165) is 12.7 Å². The molecule has 0 bridgehead atoms. The van der Waals surface area contributed by atoms with Crippen molar-refractivity contribution in [3.05, 3.63) is 23.5 Å². The predicted molar refractivity (Wildman–Crippen MR) is 130 cm³/mol. The number of aliphatic carboxylic acids is 1. The SMILES string of the molecule is C/C(=C\CC[C@H](C)CCO)C(=O)OC[C@H]1O[C@@H](O[C@@H]2OC=C(C(=O)O)[C@H]3CC[C@](C)(O)[C@@H]23)[C@@H](O)[C@@H](O)[C@@H]1O. The smallest absolute Gasteiger partial charge is 0.334 e. The largest absolute Gasteiger partial charge is 0.478 e. The minimum atomic E-state index is -1.70. The Morgan fingerprint density at radius 1 is 1.18 bits per heavy atom.